The second-order valence-corrected chi connectivity index (χ2v) is 11.9. The van der Waals surface area contributed by atoms with Gasteiger partial charge in [-0.3, -0.25) is 0 Å². The Labute approximate surface area is 218 Å². The predicted octanol–water partition coefficient (Wildman–Crippen LogP) is 5.55. The minimum atomic E-state index is -4.37. The zero-order valence-electron chi connectivity index (χ0n) is 21.0. The molecule has 2 saturated carbocycles. The minimum Gasteiger partial charge on any atom is -0.484 e. The number of carbonyl (C=O) groups is 1. The number of halogens is 3. The number of ether oxygens (including phenoxy) is 1. The molecule has 2 heterocycles. The zero-order chi connectivity index (χ0) is 26.4. The number of aromatic nitrogens is 1. The molecule has 2 aromatic rings. The van der Waals surface area contributed by atoms with Gasteiger partial charge in [-0.25, -0.2) is 9.78 Å². The van der Waals surface area contributed by atoms with E-state index in [9.17, 15) is 23.1 Å². The Balaban J connectivity index is 1.08. The number of fused-ring (bicyclic) bond motifs is 1. The largest absolute Gasteiger partial charge is 0.484 e. The van der Waals surface area contributed by atoms with Crippen molar-refractivity contribution in [3.05, 3.63) is 35.9 Å². The molecule has 3 fully saturated rings. The van der Waals surface area contributed by atoms with E-state index < -0.39 is 24.6 Å². The van der Waals surface area contributed by atoms with Gasteiger partial charge in [0.25, 0.3) is 0 Å². The Bertz CT molecular complexity index is 1140. The number of thiazole rings is 1. The quantitative estimate of drug-likeness (QED) is 0.433. The van der Waals surface area contributed by atoms with E-state index in [1.54, 1.807) is 28.7 Å². The van der Waals surface area contributed by atoms with Crippen LogP contribution in [0.4, 0.5) is 18.0 Å². The smallest absolute Gasteiger partial charge is 0.394 e. The molecule has 3 atom stereocenters. The fourth-order valence-electron chi connectivity index (χ4n) is 6.37. The average Bonchev–Trinajstić information content (AvgIpc) is 3.29. The summed E-state index contributed by atoms with van der Waals surface area (Å²) in [5.74, 6) is -1.52. The molecule has 2 N–H and O–H groups in total. The molecule has 0 bridgehead atoms. The number of likely N-dealkylation sites (tertiary alicyclic amines) is 1. The van der Waals surface area contributed by atoms with Crippen molar-refractivity contribution in [1.29, 1.82) is 0 Å². The number of benzene rings is 1. The van der Waals surface area contributed by atoms with Gasteiger partial charge in [-0.1, -0.05) is 13.0 Å². The predicted molar refractivity (Wildman–Crippen MR) is 137 cm³/mol. The van der Waals surface area contributed by atoms with Crippen molar-refractivity contribution in [3.63, 3.8) is 0 Å². The first kappa shape index (κ1) is 26.3. The van der Waals surface area contributed by atoms with Crippen LogP contribution in [0.3, 0.4) is 0 Å². The number of carbonyl (C=O) groups excluding carboxylic acids is 1. The summed E-state index contributed by atoms with van der Waals surface area (Å²) in [5, 5.41) is 12.4. The lowest BCUT2D eigenvalue weighted by Crippen LogP contribution is -2.60. The number of hydrogen-bond acceptors (Lipinski definition) is 5. The first-order valence-corrected chi connectivity index (χ1v) is 13.9. The van der Waals surface area contributed by atoms with Gasteiger partial charge in [0, 0.05) is 6.04 Å². The van der Waals surface area contributed by atoms with E-state index in [2.05, 4.69) is 22.9 Å². The van der Waals surface area contributed by atoms with E-state index in [1.807, 2.05) is 12.1 Å². The third kappa shape index (κ3) is 5.32. The summed E-state index contributed by atoms with van der Waals surface area (Å²) in [6, 6.07) is 4.02. The Hall–Kier alpha value is -2.33. The SMILES string of the molecule is C=CCc1cc(OC2CN(C(=O)NC3CCC4(CC3)CC4C(C)C(CO)C(F)(F)F)C2)c2ncsc2c1. The van der Waals surface area contributed by atoms with Gasteiger partial charge >= 0.3 is 12.2 Å². The molecule has 0 radical (unpaired) electrons. The number of hydrogen-bond donors (Lipinski definition) is 2. The van der Waals surface area contributed by atoms with Crippen LogP contribution in [0.15, 0.2) is 30.3 Å². The lowest BCUT2D eigenvalue weighted by Gasteiger charge is -2.40. The topological polar surface area (TPSA) is 74.7 Å². The lowest BCUT2D eigenvalue weighted by molar-refractivity contribution is -0.199. The minimum absolute atomic E-state index is 0.00891. The van der Waals surface area contributed by atoms with Crippen molar-refractivity contribution >= 4 is 27.6 Å². The van der Waals surface area contributed by atoms with Crippen molar-refractivity contribution in [2.75, 3.05) is 19.7 Å². The van der Waals surface area contributed by atoms with Crippen LogP contribution in [0.2, 0.25) is 0 Å². The highest BCUT2D eigenvalue weighted by molar-refractivity contribution is 7.16. The molecule has 202 valence electrons. The van der Waals surface area contributed by atoms with Crippen LogP contribution < -0.4 is 10.1 Å². The van der Waals surface area contributed by atoms with Gasteiger partial charge in [-0.15, -0.1) is 17.9 Å². The van der Waals surface area contributed by atoms with Gasteiger partial charge in [-0.2, -0.15) is 13.2 Å². The first-order valence-electron chi connectivity index (χ1n) is 13.0. The highest BCUT2D eigenvalue weighted by Gasteiger charge is 2.60. The normalized spacial score (nSPS) is 27.5. The highest BCUT2D eigenvalue weighted by Crippen LogP contribution is 2.66. The van der Waals surface area contributed by atoms with Gasteiger partial charge in [0.2, 0.25) is 0 Å². The van der Waals surface area contributed by atoms with Crippen LogP contribution in [0.5, 0.6) is 5.75 Å². The van der Waals surface area contributed by atoms with Crippen LogP contribution in [0, 0.1) is 23.2 Å². The Morgan fingerprint density at radius 2 is 2.11 bits per heavy atom. The summed E-state index contributed by atoms with van der Waals surface area (Å²) >= 11 is 1.57. The molecule has 5 rings (SSSR count). The van der Waals surface area contributed by atoms with E-state index in [0.29, 0.717) is 13.1 Å². The van der Waals surface area contributed by atoms with E-state index >= 15 is 0 Å². The third-order valence-electron chi connectivity index (χ3n) is 8.72. The maximum Gasteiger partial charge on any atom is 0.394 e. The van der Waals surface area contributed by atoms with Crippen molar-refractivity contribution < 1.29 is 27.8 Å². The molecular weight excluding hydrogens is 503 g/mol. The third-order valence-corrected chi connectivity index (χ3v) is 9.49. The molecule has 1 spiro atoms. The van der Waals surface area contributed by atoms with E-state index in [1.165, 1.54) is 0 Å². The number of amides is 2. The summed E-state index contributed by atoms with van der Waals surface area (Å²) < 4.78 is 47.0. The van der Waals surface area contributed by atoms with Crippen molar-refractivity contribution in [2.24, 2.45) is 23.2 Å². The number of allylic oxidation sites excluding steroid dienone is 1. The molecule has 2 amide bonds. The van der Waals surface area contributed by atoms with Gasteiger partial charge < -0.3 is 20.1 Å². The Morgan fingerprint density at radius 3 is 2.76 bits per heavy atom. The van der Waals surface area contributed by atoms with Gasteiger partial charge in [0.15, 0.2) is 0 Å². The van der Waals surface area contributed by atoms with Crippen LogP contribution in [-0.2, 0) is 6.42 Å². The number of rotatable bonds is 8. The fraction of sp³-hybridized carbons (Fsp3) is 0.630. The maximum atomic E-state index is 13.3. The lowest BCUT2D eigenvalue weighted by atomic mass is 9.77. The molecule has 3 unspecified atom stereocenters. The number of nitrogens with one attached hydrogen (secondary N) is 1. The van der Waals surface area contributed by atoms with Gasteiger partial charge in [0.05, 0.1) is 35.8 Å². The average molecular weight is 538 g/mol. The molecule has 37 heavy (non-hydrogen) atoms. The zero-order valence-corrected chi connectivity index (χ0v) is 21.8. The summed E-state index contributed by atoms with van der Waals surface area (Å²) in [6.07, 6.45) is 2.11. The van der Waals surface area contributed by atoms with Gasteiger partial charge in [-0.05, 0) is 73.5 Å². The summed E-state index contributed by atoms with van der Waals surface area (Å²) in [6.45, 7) is 5.57. The summed E-state index contributed by atoms with van der Waals surface area (Å²) in [5.41, 5.74) is 3.69. The molecule has 1 aromatic heterocycles. The standard InChI is InChI=1S/C27H34F3N3O3S/c1-3-4-17-9-22(24-23(10-17)37-15-31-24)36-19-12-33(13-19)25(35)32-18-5-7-26(8-6-18)11-20(26)16(2)21(14-34)27(28,29)30/h3,9-10,15-16,18-21,34H,1,4-8,11-14H2,2H3,(H,32,35). The van der Waals surface area contributed by atoms with Crippen LogP contribution >= 0.6 is 11.3 Å². The molecular formula is C27H34F3N3O3S. The van der Waals surface area contributed by atoms with Crippen LogP contribution in [0.1, 0.15) is 44.6 Å². The number of alkyl halides is 3. The Morgan fingerprint density at radius 1 is 1.38 bits per heavy atom. The molecule has 1 saturated heterocycles. The molecule has 2 aliphatic carbocycles. The number of nitrogens with zero attached hydrogens (tertiary/aromatic N) is 2. The number of aliphatic hydroxyl groups excluding tert-OH is 1. The second kappa shape index (κ2) is 10.1. The first-order chi connectivity index (χ1) is 17.6. The second-order valence-electron chi connectivity index (χ2n) is 11.0. The maximum absolute atomic E-state index is 13.3. The van der Waals surface area contributed by atoms with Crippen molar-refractivity contribution in [3.8, 4) is 5.75 Å². The molecule has 6 nitrogen and oxygen atoms in total. The summed E-state index contributed by atoms with van der Waals surface area (Å²) in [4.78, 5) is 18.9. The molecule has 1 aliphatic heterocycles. The van der Waals surface area contributed by atoms with Crippen LogP contribution in [-0.4, -0.2) is 59.0 Å². The van der Waals surface area contributed by atoms with Crippen LogP contribution in [0.25, 0.3) is 10.2 Å². The fourth-order valence-corrected chi connectivity index (χ4v) is 7.13. The summed E-state index contributed by atoms with van der Waals surface area (Å²) in [7, 11) is 0. The highest BCUT2D eigenvalue weighted by atomic mass is 32.1. The van der Waals surface area contributed by atoms with E-state index in [-0.39, 0.29) is 29.5 Å². The monoisotopic (exact) mass is 537 g/mol. The van der Waals surface area contributed by atoms with Crippen molar-refractivity contribution in [2.45, 2.75) is 63.8 Å². The van der Waals surface area contributed by atoms with Gasteiger partial charge in [0.1, 0.15) is 17.4 Å². The van der Waals surface area contributed by atoms with E-state index in [4.69, 9.17) is 4.74 Å². The molecule has 3 aliphatic rings. The molecule has 1 aromatic carbocycles. The number of urea groups is 1. The van der Waals surface area contributed by atoms with Crippen molar-refractivity contribution in [1.82, 2.24) is 15.2 Å². The number of aliphatic hydroxyl groups is 1. The van der Waals surface area contributed by atoms with E-state index in [0.717, 1.165) is 60.1 Å². The Kier molecular flexibility index (Phi) is 7.17. The molecule has 10 heteroatoms.